The molecule has 1 aromatic carbocycles. The maximum atomic E-state index is 10.5. The second-order valence-electron chi connectivity index (χ2n) is 3.06. The molecule has 0 aliphatic heterocycles. The molecule has 0 unspecified atom stereocenters. The molecule has 6 heteroatoms. The molecule has 0 aliphatic carbocycles. The molecule has 1 N–H and O–H groups in total. The number of hydrogen-bond acceptors (Lipinski definition) is 3. The first kappa shape index (κ1) is 12.8. The minimum atomic E-state index is -0.328. The lowest BCUT2D eigenvalue weighted by Crippen LogP contribution is -2.18. The molecule has 0 heterocycles. The molecule has 0 bridgehead atoms. The fourth-order valence-electron chi connectivity index (χ4n) is 0.929. The first-order chi connectivity index (χ1) is 7.50. The van der Waals surface area contributed by atoms with Crippen molar-refractivity contribution in [3.63, 3.8) is 0 Å². The van der Waals surface area contributed by atoms with E-state index < -0.39 is 0 Å². The molecule has 16 heavy (non-hydrogen) atoms. The van der Waals surface area contributed by atoms with Gasteiger partial charge in [-0.2, -0.15) is 5.48 Å². The highest BCUT2D eigenvalue weighted by Gasteiger charge is 2.02. The van der Waals surface area contributed by atoms with E-state index in [1.165, 1.54) is 6.92 Å². The van der Waals surface area contributed by atoms with Gasteiger partial charge in [-0.3, -0.25) is 9.73 Å². The number of benzene rings is 1. The van der Waals surface area contributed by atoms with Gasteiger partial charge in [-0.15, -0.1) is 0 Å². The summed E-state index contributed by atoms with van der Waals surface area (Å²) < 4.78 is 0. The van der Waals surface area contributed by atoms with Crippen molar-refractivity contribution in [3.05, 3.63) is 33.8 Å². The third-order valence-electron chi connectivity index (χ3n) is 1.71. The average Bonchev–Trinajstić information content (AvgIpc) is 2.21. The Morgan fingerprint density at radius 2 is 2.00 bits per heavy atom. The average molecular weight is 261 g/mol. The molecular weight excluding hydrogens is 251 g/mol. The van der Waals surface area contributed by atoms with Crippen LogP contribution in [0.25, 0.3) is 0 Å². The zero-order valence-corrected chi connectivity index (χ0v) is 10.3. The predicted octanol–water partition coefficient (Wildman–Crippen LogP) is 2.79. The highest BCUT2D eigenvalue weighted by Crippen LogP contribution is 2.22. The summed E-state index contributed by atoms with van der Waals surface area (Å²) in [6, 6.07) is 5.08. The van der Waals surface area contributed by atoms with Crippen molar-refractivity contribution in [2.45, 2.75) is 13.8 Å². The third-order valence-corrected chi connectivity index (χ3v) is 2.45. The van der Waals surface area contributed by atoms with Gasteiger partial charge in [0.2, 0.25) is 0 Å². The van der Waals surface area contributed by atoms with E-state index in [0.29, 0.717) is 15.8 Å². The Labute approximate surface area is 103 Å². The molecule has 0 spiro atoms. The molecule has 0 atom stereocenters. The van der Waals surface area contributed by atoms with Crippen LogP contribution in [0.2, 0.25) is 10.0 Å². The lowest BCUT2D eigenvalue weighted by atomic mass is 10.1. The van der Waals surface area contributed by atoms with E-state index in [1.807, 2.05) is 0 Å². The molecule has 1 aromatic rings. The van der Waals surface area contributed by atoms with Crippen molar-refractivity contribution in [2.75, 3.05) is 0 Å². The maximum absolute atomic E-state index is 10.5. The number of hydroxylamine groups is 1. The first-order valence-corrected chi connectivity index (χ1v) is 5.19. The van der Waals surface area contributed by atoms with Gasteiger partial charge in [0.05, 0.1) is 15.8 Å². The summed E-state index contributed by atoms with van der Waals surface area (Å²) >= 11 is 11.6. The predicted molar refractivity (Wildman–Crippen MR) is 63.6 cm³/mol. The molecule has 4 nitrogen and oxygen atoms in total. The van der Waals surface area contributed by atoms with Gasteiger partial charge in [0.1, 0.15) is 0 Å². The third kappa shape index (κ3) is 3.72. The zero-order valence-electron chi connectivity index (χ0n) is 8.75. The van der Waals surface area contributed by atoms with Crippen molar-refractivity contribution in [3.8, 4) is 0 Å². The number of amides is 1. The van der Waals surface area contributed by atoms with Crippen LogP contribution in [0, 0.1) is 0 Å². The molecule has 0 saturated heterocycles. The molecule has 1 rings (SSSR count). The molecule has 0 fully saturated rings. The minimum absolute atomic E-state index is 0.328. The summed E-state index contributed by atoms with van der Waals surface area (Å²) in [6.07, 6.45) is 0. The standard InChI is InChI=1S/C10H10Cl2N2O2/c1-6(13-16-14-7(2)15)8-3-4-9(11)10(12)5-8/h3-5H,1-2H3,(H,14,15). The normalized spacial score (nSPS) is 11.1. The molecule has 0 aromatic heterocycles. The van der Waals surface area contributed by atoms with Crippen molar-refractivity contribution >= 4 is 34.8 Å². The van der Waals surface area contributed by atoms with Gasteiger partial charge >= 0.3 is 0 Å². The van der Waals surface area contributed by atoms with E-state index in [9.17, 15) is 4.79 Å². The van der Waals surface area contributed by atoms with Crippen LogP contribution in [0.4, 0.5) is 0 Å². The summed E-state index contributed by atoms with van der Waals surface area (Å²) in [5.74, 6) is -0.328. The zero-order chi connectivity index (χ0) is 12.1. The van der Waals surface area contributed by atoms with Gasteiger partial charge in [0.25, 0.3) is 5.91 Å². The number of rotatable bonds is 3. The van der Waals surface area contributed by atoms with Gasteiger partial charge in [0.15, 0.2) is 0 Å². The Kier molecular flexibility index (Phi) is 4.58. The second kappa shape index (κ2) is 5.72. The van der Waals surface area contributed by atoms with E-state index in [1.54, 1.807) is 25.1 Å². The fraction of sp³-hybridized carbons (Fsp3) is 0.200. The summed E-state index contributed by atoms with van der Waals surface area (Å²) in [6.45, 7) is 3.05. The topological polar surface area (TPSA) is 50.7 Å². The largest absolute Gasteiger partial charge is 0.272 e. The Balaban J connectivity index is 2.75. The number of nitrogens with one attached hydrogen (secondary N) is 1. The van der Waals surface area contributed by atoms with Crippen LogP contribution in [-0.2, 0) is 9.73 Å². The van der Waals surface area contributed by atoms with Crippen molar-refractivity contribution in [1.82, 2.24) is 5.48 Å². The molecule has 86 valence electrons. The molecule has 0 saturated carbocycles. The van der Waals surface area contributed by atoms with Crippen LogP contribution in [0.3, 0.4) is 0 Å². The Hall–Kier alpha value is -1.26. The van der Waals surface area contributed by atoms with Gasteiger partial charge in [-0.25, -0.2) is 0 Å². The highest BCUT2D eigenvalue weighted by molar-refractivity contribution is 6.42. The molecule has 0 aliphatic rings. The van der Waals surface area contributed by atoms with Crippen molar-refractivity contribution in [2.24, 2.45) is 5.16 Å². The highest BCUT2D eigenvalue weighted by atomic mass is 35.5. The number of carbonyl (C=O) groups excluding carboxylic acids is 1. The van der Waals surface area contributed by atoms with Gasteiger partial charge < -0.3 is 0 Å². The van der Waals surface area contributed by atoms with E-state index in [4.69, 9.17) is 23.2 Å². The van der Waals surface area contributed by atoms with Gasteiger partial charge in [-0.1, -0.05) is 34.4 Å². The van der Waals surface area contributed by atoms with E-state index in [-0.39, 0.29) is 5.91 Å². The number of carbonyl (C=O) groups is 1. The van der Waals surface area contributed by atoms with Crippen LogP contribution in [0.1, 0.15) is 19.4 Å². The van der Waals surface area contributed by atoms with Crippen LogP contribution in [0.15, 0.2) is 23.4 Å². The summed E-state index contributed by atoms with van der Waals surface area (Å²) in [4.78, 5) is 15.1. The van der Waals surface area contributed by atoms with E-state index >= 15 is 0 Å². The fourth-order valence-corrected chi connectivity index (χ4v) is 1.23. The lowest BCUT2D eigenvalue weighted by Gasteiger charge is -2.02. The molecular formula is C10H10Cl2N2O2. The van der Waals surface area contributed by atoms with Crippen LogP contribution >= 0.6 is 23.2 Å². The summed E-state index contributed by atoms with van der Waals surface area (Å²) in [7, 11) is 0. The van der Waals surface area contributed by atoms with Crippen molar-refractivity contribution < 1.29 is 9.73 Å². The van der Waals surface area contributed by atoms with E-state index in [2.05, 4.69) is 15.6 Å². The summed E-state index contributed by atoms with van der Waals surface area (Å²) in [5.41, 5.74) is 3.43. The Morgan fingerprint density at radius 1 is 1.31 bits per heavy atom. The summed E-state index contributed by atoms with van der Waals surface area (Å²) in [5, 5.41) is 4.60. The van der Waals surface area contributed by atoms with E-state index in [0.717, 1.165) is 5.56 Å². The number of oxime groups is 1. The first-order valence-electron chi connectivity index (χ1n) is 4.43. The van der Waals surface area contributed by atoms with Crippen LogP contribution in [-0.4, -0.2) is 11.6 Å². The monoisotopic (exact) mass is 260 g/mol. The number of hydrogen-bond donors (Lipinski definition) is 1. The Bertz CT molecular complexity index is 433. The lowest BCUT2D eigenvalue weighted by molar-refractivity contribution is -0.131. The van der Waals surface area contributed by atoms with Crippen LogP contribution in [0.5, 0.6) is 0 Å². The number of nitrogens with zero attached hydrogens (tertiary/aromatic N) is 1. The molecule has 0 radical (unpaired) electrons. The SMILES string of the molecule is CC(=O)NON=C(C)c1ccc(Cl)c(Cl)c1. The smallest absolute Gasteiger partial charge is 0.251 e. The minimum Gasteiger partial charge on any atom is -0.272 e. The maximum Gasteiger partial charge on any atom is 0.251 e. The quantitative estimate of drug-likeness (QED) is 0.671. The second-order valence-corrected chi connectivity index (χ2v) is 3.87. The Morgan fingerprint density at radius 3 is 2.56 bits per heavy atom. The number of halogens is 2. The van der Waals surface area contributed by atoms with Crippen molar-refractivity contribution in [1.29, 1.82) is 0 Å². The van der Waals surface area contributed by atoms with Crippen LogP contribution < -0.4 is 5.48 Å². The van der Waals surface area contributed by atoms with Gasteiger partial charge in [0, 0.05) is 12.5 Å². The van der Waals surface area contributed by atoms with Gasteiger partial charge in [-0.05, 0) is 19.1 Å². The molecule has 1 amide bonds.